The first-order valence-corrected chi connectivity index (χ1v) is 22.7. The summed E-state index contributed by atoms with van der Waals surface area (Å²) >= 11 is 0. The first-order valence-electron chi connectivity index (χ1n) is 22.7. The van der Waals surface area contributed by atoms with Gasteiger partial charge < -0.3 is 39.2 Å². The molecule has 2 atom stereocenters. The van der Waals surface area contributed by atoms with Crippen LogP contribution >= 0.6 is 0 Å². The van der Waals surface area contributed by atoms with Crippen molar-refractivity contribution in [3.05, 3.63) is 76.8 Å². The topological polar surface area (TPSA) is 175 Å². The Morgan fingerprint density at radius 1 is 0.750 bits per heavy atom. The number of benzene rings is 4. The van der Waals surface area contributed by atoms with Crippen LogP contribution in [0.25, 0.3) is 10.8 Å². The Bertz CT molecular complexity index is 2130. The van der Waals surface area contributed by atoms with Gasteiger partial charge in [0.05, 0.1) is 29.5 Å². The molecule has 0 radical (unpaired) electrons. The molecule has 4 rings (SSSR count). The molecule has 0 spiro atoms. The summed E-state index contributed by atoms with van der Waals surface area (Å²) in [7, 11) is 2.94. The lowest BCUT2D eigenvalue weighted by molar-refractivity contribution is -0.384. The Kier molecular flexibility index (Phi) is 21.8. The molecule has 2 unspecified atom stereocenters. The lowest BCUT2D eigenvalue weighted by atomic mass is 10.0. The Hall–Kier alpha value is -5.80. The predicted molar refractivity (Wildman–Crippen MR) is 254 cm³/mol. The van der Waals surface area contributed by atoms with Crippen LogP contribution in [-0.2, 0) is 19.1 Å². The number of non-ortho nitro benzene ring substituents is 1. The van der Waals surface area contributed by atoms with Crippen molar-refractivity contribution < 1.29 is 38.2 Å². The average molecular weight is 885 g/mol. The average Bonchev–Trinajstić information content (AvgIpc) is 3.28. The number of unbranched alkanes of at least 4 members (excludes halogenated alkanes) is 12. The largest absolute Gasteiger partial charge is 0.494 e. The van der Waals surface area contributed by atoms with Crippen LogP contribution < -0.4 is 29.7 Å². The van der Waals surface area contributed by atoms with Gasteiger partial charge in [0, 0.05) is 55.6 Å². The van der Waals surface area contributed by atoms with Crippen LogP contribution in [0.1, 0.15) is 125 Å². The number of carbonyl (C=O) groups excluding carboxylic acids is 2. The van der Waals surface area contributed by atoms with E-state index in [1.165, 1.54) is 96.4 Å². The maximum absolute atomic E-state index is 13.5. The van der Waals surface area contributed by atoms with E-state index >= 15 is 0 Å². The summed E-state index contributed by atoms with van der Waals surface area (Å²) in [6, 6.07) is 18.8. The minimum absolute atomic E-state index is 0.103. The molecule has 0 heterocycles. The van der Waals surface area contributed by atoms with Crippen molar-refractivity contribution in [3.63, 3.8) is 0 Å². The highest BCUT2D eigenvalue weighted by molar-refractivity contribution is 6.02. The van der Waals surface area contributed by atoms with Crippen LogP contribution in [0.4, 0.5) is 34.1 Å². The van der Waals surface area contributed by atoms with E-state index in [4.69, 9.17) is 23.7 Å². The van der Waals surface area contributed by atoms with E-state index in [1.54, 1.807) is 32.2 Å². The number of anilines is 3. The Morgan fingerprint density at radius 2 is 1.38 bits per heavy atom. The van der Waals surface area contributed by atoms with Gasteiger partial charge in [0.15, 0.2) is 30.8 Å². The number of hydrogen-bond donors (Lipinski definition) is 2. The molecule has 0 aliphatic rings. The maximum atomic E-state index is 13.5. The van der Waals surface area contributed by atoms with E-state index in [-0.39, 0.29) is 35.7 Å². The lowest BCUT2D eigenvalue weighted by Crippen LogP contribution is -2.37. The maximum Gasteiger partial charge on any atom is 0.273 e. The molecule has 348 valence electrons. The standard InChI is InChI=1S/C49H68N6O9/c1-8-10-11-12-13-14-15-16-17-18-19-20-21-26-48(57)51-45-33-46(40-24-22-23-25-41(40)49(45)63-34-62-37(5)60-6)64-36(4)54(9-2)38-27-29-42(44(31-38)50-35(3)56)52-53-43-30-28-39(55(58)59)32-47(43)61-7/h22-25,27-33,36-37H,8-21,26,34H2,1-7H3,(H,50,56)(H,51,57)/b53-52+. The number of nitrogens with zero attached hydrogens (tertiary/aromatic N) is 4. The van der Waals surface area contributed by atoms with Crippen molar-refractivity contribution in [2.75, 3.05) is 43.1 Å². The predicted octanol–water partition coefficient (Wildman–Crippen LogP) is 13.1. The monoisotopic (exact) mass is 885 g/mol. The third-order valence-corrected chi connectivity index (χ3v) is 10.9. The summed E-state index contributed by atoms with van der Waals surface area (Å²) < 4.78 is 29.2. The first kappa shape index (κ1) is 50.8. The fourth-order valence-corrected chi connectivity index (χ4v) is 7.38. The van der Waals surface area contributed by atoms with E-state index in [2.05, 4.69) is 27.8 Å². The quantitative estimate of drug-likeness (QED) is 0.0168. The molecule has 0 aromatic heterocycles. The molecule has 64 heavy (non-hydrogen) atoms. The number of ether oxygens (including phenoxy) is 5. The van der Waals surface area contributed by atoms with Gasteiger partial charge in [-0.25, -0.2) is 0 Å². The van der Waals surface area contributed by atoms with Gasteiger partial charge >= 0.3 is 0 Å². The highest BCUT2D eigenvalue weighted by Crippen LogP contribution is 2.42. The molecule has 0 bridgehead atoms. The second-order valence-electron chi connectivity index (χ2n) is 15.8. The molecule has 0 saturated heterocycles. The number of fused-ring (bicyclic) bond motifs is 1. The van der Waals surface area contributed by atoms with Crippen molar-refractivity contribution >= 4 is 56.7 Å². The minimum Gasteiger partial charge on any atom is -0.494 e. The van der Waals surface area contributed by atoms with Crippen molar-refractivity contribution in [1.29, 1.82) is 0 Å². The number of carbonyl (C=O) groups is 2. The van der Waals surface area contributed by atoms with Gasteiger partial charge in [-0.1, -0.05) is 108 Å². The number of nitro benzene ring substituents is 1. The molecule has 4 aromatic carbocycles. The van der Waals surface area contributed by atoms with Crippen LogP contribution in [0.3, 0.4) is 0 Å². The highest BCUT2D eigenvalue weighted by Gasteiger charge is 2.22. The van der Waals surface area contributed by atoms with Crippen LogP contribution in [0.15, 0.2) is 77.0 Å². The van der Waals surface area contributed by atoms with Gasteiger partial charge in [-0.05, 0) is 51.5 Å². The molecule has 15 nitrogen and oxygen atoms in total. The number of amides is 2. The summed E-state index contributed by atoms with van der Waals surface area (Å²) in [4.78, 5) is 38.6. The molecule has 2 N–H and O–H groups in total. The zero-order chi connectivity index (χ0) is 46.3. The number of hydrogen-bond acceptors (Lipinski definition) is 12. The molecular formula is C49H68N6O9. The van der Waals surface area contributed by atoms with Crippen molar-refractivity contribution in [2.24, 2.45) is 10.2 Å². The van der Waals surface area contributed by atoms with Crippen LogP contribution in [0, 0.1) is 10.1 Å². The SMILES string of the molecule is CCCCCCCCCCCCCCCC(=O)Nc1cc(OC(C)N(CC)c2ccc(/N=N/c3ccc([N+](=O)[O-])cc3OC)c(NC(C)=O)c2)c2ccccc2c1OCOC(C)OC. The van der Waals surface area contributed by atoms with Crippen LogP contribution in [0.2, 0.25) is 0 Å². The van der Waals surface area contributed by atoms with E-state index in [1.807, 2.05) is 49.1 Å². The minimum atomic E-state index is -0.539. The third kappa shape index (κ3) is 16.1. The van der Waals surface area contributed by atoms with Crippen LogP contribution in [-0.4, -0.2) is 56.8 Å². The molecule has 0 aliphatic heterocycles. The summed E-state index contributed by atoms with van der Waals surface area (Å²) in [6.07, 6.45) is 15.3. The normalized spacial score (nSPS) is 12.2. The van der Waals surface area contributed by atoms with Crippen molar-refractivity contribution in [2.45, 2.75) is 137 Å². The lowest BCUT2D eigenvalue weighted by Gasteiger charge is -2.31. The Morgan fingerprint density at radius 3 is 1.98 bits per heavy atom. The second-order valence-corrected chi connectivity index (χ2v) is 15.8. The number of rotatable bonds is 30. The highest BCUT2D eigenvalue weighted by atomic mass is 16.7. The first-order chi connectivity index (χ1) is 31.0. The fraction of sp³-hybridized carbons (Fsp3) is 0.510. The smallest absolute Gasteiger partial charge is 0.273 e. The summed E-state index contributed by atoms with van der Waals surface area (Å²) in [6.45, 7) is 9.76. The molecule has 15 heteroatoms. The van der Waals surface area contributed by atoms with Crippen molar-refractivity contribution in [3.8, 4) is 17.2 Å². The Balaban J connectivity index is 1.51. The van der Waals surface area contributed by atoms with E-state index in [0.29, 0.717) is 41.5 Å². The van der Waals surface area contributed by atoms with Gasteiger partial charge in [0.1, 0.15) is 17.1 Å². The third-order valence-electron chi connectivity index (χ3n) is 10.9. The molecule has 0 saturated carbocycles. The van der Waals surface area contributed by atoms with Gasteiger partial charge in [-0.2, -0.15) is 0 Å². The fourth-order valence-electron chi connectivity index (χ4n) is 7.38. The molecule has 4 aromatic rings. The zero-order valence-corrected chi connectivity index (χ0v) is 38.8. The van der Waals surface area contributed by atoms with Crippen molar-refractivity contribution in [1.82, 2.24) is 0 Å². The van der Waals surface area contributed by atoms with Crippen LogP contribution in [0.5, 0.6) is 17.2 Å². The van der Waals surface area contributed by atoms with E-state index in [9.17, 15) is 19.7 Å². The summed E-state index contributed by atoms with van der Waals surface area (Å²) in [5.74, 6) is 0.742. The molecule has 2 amide bonds. The van der Waals surface area contributed by atoms with Gasteiger partial charge in [-0.3, -0.25) is 19.7 Å². The van der Waals surface area contributed by atoms with Gasteiger partial charge in [0.2, 0.25) is 11.8 Å². The van der Waals surface area contributed by atoms with E-state index in [0.717, 1.165) is 35.7 Å². The van der Waals surface area contributed by atoms with Gasteiger partial charge in [-0.15, -0.1) is 10.2 Å². The summed E-state index contributed by atoms with van der Waals surface area (Å²) in [5, 5.41) is 27.4. The Labute approximate surface area is 378 Å². The number of nitrogens with one attached hydrogen (secondary N) is 2. The second kappa shape index (κ2) is 27.4. The van der Waals surface area contributed by atoms with Gasteiger partial charge in [0.25, 0.3) is 5.69 Å². The van der Waals surface area contributed by atoms with E-state index < -0.39 is 17.4 Å². The molecule has 0 aliphatic carbocycles. The number of azo groups is 1. The zero-order valence-electron chi connectivity index (χ0n) is 38.8. The molecule has 0 fully saturated rings. The number of nitro groups is 1. The number of methoxy groups -OCH3 is 2. The molecular weight excluding hydrogens is 817 g/mol. The summed E-state index contributed by atoms with van der Waals surface area (Å²) in [5.41, 5.74) is 2.07.